The van der Waals surface area contributed by atoms with Crippen LogP contribution in [0.4, 0.5) is 11.4 Å². The van der Waals surface area contributed by atoms with E-state index in [1.807, 2.05) is 19.1 Å². The highest BCUT2D eigenvalue weighted by Gasteiger charge is 2.41. The number of nitrogens with zero attached hydrogens (tertiary/aromatic N) is 4. The summed E-state index contributed by atoms with van der Waals surface area (Å²) in [5, 5.41) is 17.1. The highest BCUT2D eigenvalue weighted by molar-refractivity contribution is 6.09. The van der Waals surface area contributed by atoms with Crippen molar-refractivity contribution in [2.45, 2.75) is 37.5 Å². The maximum atomic E-state index is 13.2. The number of anilines is 2. The first-order chi connectivity index (χ1) is 15.0. The Hall–Kier alpha value is -3.17. The van der Waals surface area contributed by atoms with Crippen LogP contribution in [0.3, 0.4) is 0 Å². The molecule has 9 nitrogen and oxygen atoms in total. The summed E-state index contributed by atoms with van der Waals surface area (Å²) in [4.78, 5) is 19.8. The largest absolute Gasteiger partial charge is 0.484 e. The van der Waals surface area contributed by atoms with Gasteiger partial charge in [0, 0.05) is 37.0 Å². The summed E-state index contributed by atoms with van der Waals surface area (Å²) in [6, 6.07) is 6.00. The summed E-state index contributed by atoms with van der Waals surface area (Å²) in [6.07, 6.45) is 6.71. The lowest BCUT2D eigenvalue weighted by Crippen LogP contribution is -2.37. The van der Waals surface area contributed by atoms with E-state index in [0.717, 1.165) is 35.7 Å². The van der Waals surface area contributed by atoms with Gasteiger partial charge in [-0.3, -0.25) is 4.79 Å². The summed E-state index contributed by atoms with van der Waals surface area (Å²) >= 11 is 0. The summed E-state index contributed by atoms with van der Waals surface area (Å²) in [6.45, 7) is 3.28. The van der Waals surface area contributed by atoms with Crippen LogP contribution in [0.5, 0.6) is 5.75 Å². The molecule has 9 heteroatoms. The third-order valence-corrected chi connectivity index (χ3v) is 6.42. The second kappa shape index (κ2) is 6.66. The number of benzene rings is 1. The van der Waals surface area contributed by atoms with Gasteiger partial charge in [0.25, 0.3) is 5.91 Å². The van der Waals surface area contributed by atoms with Crippen molar-refractivity contribution in [3.8, 4) is 5.75 Å². The minimum atomic E-state index is -0.651. The molecule has 2 N–H and O–H groups in total. The molecule has 0 spiro atoms. The topological polar surface area (TPSA) is 101 Å². The van der Waals surface area contributed by atoms with E-state index < -0.39 is 5.60 Å². The highest BCUT2D eigenvalue weighted by Crippen LogP contribution is 2.44. The minimum absolute atomic E-state index is 0.0744. The number of aliphatic hydroxyl groups is 1. The molecule has 0 radical (unpaired) electrons. The fourth-order valence-electron chi connectivity index (χ4n) is 4.85. The lowest BCUT2D eigenvalue weighted by Gasteiger charge is -2.31. The molecule has 31 heavy (non-hydrogen) atoms. The van der Waals surface area contributed by atoms with Crippen LogP contribution in [-0.4, -0.2) is 63.1 Å². The first kappa shape index (κ1) is 18.6. The molecule has 2 aromatic heterocycles. The van der Waals surface area contributed by atoms with E-state index >= 15 is 0 Å². The van der Waals surface area contributed by atoms with Gasteiger partial charge in [0.05, 0.1) is 42.9 Å². The van der Waals surface area contributed by atoms with Crippen molar-refractivity contribution < 1.29 is 19.4 Å². The normalized spacial score (nSPS) is 26.3. The first-order valence-corrected chi connectivity index (χ1v) is 10.5. The number of carbonyl (C=O) groups excluding carboxylic acids is 1. The molecule has 0 unspecified atom stereocenters. The van der Waals surface area contributed by atoms with Gasteiger partial charge in [0.2, 0.25) is 0 Å². The van der Waals surface area contributed by atoms with E-state index in [1.165, 1.54) is 6.20 Å². The van der Waals surface area contributed by atoms with Gasteiger partial charge in [-0.25, -0.2) is 9.50 Å². The SMILES string of the molecule is C[C@@]1(CO)Cc2cc(NC(=O)c3cnn4cccnc34)c(N3C[C@H]4C[C@@H]3CO4)cc2O1. The standard InChI is InChI=1S/C22H23N5O4/c1-22(12-28)8-13-5-17(25-21(29)16-9-24-27-4-2-3-23-20(16)27)18(7-19(13)31-22)26-10-15-6-14(26)11-30-15/h2-5,7,9,14-15,28H,6,8,10-12H2,1H3,(H,25,29)/t14-,15-,22+/m1/s1. The number of rotatable bonds is 4. The Morgan fingerprint density at radius 2 is 2.32 bits per heavy atom. The number of hydrogen-bond acceptors (Lipinski definition) is 7. The molecule has 5 heterocycles. The van der Waals surface area contributed by atoms with Crippen molar-refractivity contribution in [2.24, 2.45) is 0 Å². The third kappa shape index (κ3) is 2.95. The molecular formula is C22H23N5O4. The molecular weight excluding hydrogens is 398 g/mol. The number of morpholine rings is 1. The van der Waals surface area contributed by atoms with Crippen molar-refractivity contribution >= 4 is 22.9 Å². The third-order valence-electron chi connectivity index (χ3n) is 6.42. The maximum absolute atomic E-state index is 13.2. The molecule has 3 aromatic rings. The van der Waals surface area contributed by atoms with Crippen LogP contribution < -0.4 is 15.0 Å². The average molecular weight is 421 g/mol. The van der Waals surface area contributed by atoms with Crippen molar-refractivity contribution in [3.63, 3.8) is 0 Å². The van der Waals surface area contributed by atoms with Gasteiger partial charge in [-0.05, 0) is 25.5 Å². The van der Waals surface area contributed by atoms with Crippen molar-refractivity contribution in [2.75, 3.05) is 30.0 Å². The number of nitrogens with one attached hydrogen (secondary N) is 1. The predicted octanol–water partition coefficient (Wildman–Crippen LogP) is 1.65. The second-order valence-electron chi connectivity index (χ2n) is 8.76. The number of fused-ring (bicyclic) bond motifs is 4. The fourth-order valence-corrected chi connectivity index (χ4v) is 4.85. The monoisotopic (exact) mass is 421 g/mol. The number of amides is 1. The van der Waals surface area contributed by atoms with Gasteiger partial charge in [-0.2, -0.15) is 5.10 Å². The first-order valence-electron chi connectivity index (χ1n) is 10.5. The van der Waals surface area contributed by atoms with Crippen molar-refractivity contribution in [3.05, 3.63) is 47.9 Å². The molecule has 1 amide bonds. The van der Waals surface area contributed by atoms with Gasteiger partial charge < -0.3 is 24.8 Å². The highest BCUT2D eigenvalue weighted by atomic mass is 16.5. The molecule has 0 aliphatic carbocycles. The average Bonchev–Trinajstić information content (AvgIpc) is 3.54. The molecule has 160 valence electrons. The predicted molar refractivity (Wildman–Crippen MR) is 113 cm³/mol. The van der Waals surface area contributed by atoms with Crippen molar-refractivity contribution in [1.82, 2.24) is 14.6 Å². The summed E-state index contributed by atoms with van der Waals surface area (Å²) in [5.41, 5.74) is 2.87. The minimum Gasteiger partial charge on any atom is -0.484 e. The number of aromatic nitrogens is 3. The molecule has 0 saturated carbocycles. The van der Waals surface area contributed by atoms with Crippen LogP contribution in [0, 0.1) is 0 Å². The van der Waals surface area contributed by atoms with Crippen LogP contribution in [0.1, 0.15) is 29.3 Å². The number of ether oxygens (including phenoxy) is 2. The zero-order valence-electron chi connectivity index (χ0n) is 17.1. The van der Waals surface area contributed by atoms with Gasteiger partial charge in [0.1, 0.15) is 16.9 Å². The molecule has 2 bridgehead atoms. The van der Waals surface area contributed by atoms with E-state index in [0.29, 0.717) is 24.2 Å². The number of aliphatic hydroxyl groups excluding tert-OH is 1. The Bertz CT molecular complexity index is 1190. The molecule has 2 fully saturated rings. The van der Waals surface area contributed by atoms with Gasteiger partial charge in [0.15, 0.2) is 5.65 Å². The fraction of sp³-hybridized carbons (Fsp3) is 0.409. The second-order valence-corrected chi connectivity index (χ2v) is 8.76. The Labute approximate surface area is 178 Å². The van der Waals surface area contributed by atoms with Crippen LogP contribution in [0.2, 0.25) is 0 Å². The molecule has 3 aliphatic rings. The van der Waals surface area contributed by atoms with Gasteiger partial charge in [-0.1, -0.05) is 0 Å². The Balaban J connectivity index is 1.39. The smallest absolute Gasteiger partial charge is 0.261 e. The number of hydrogen-bond donors (Lipinski definition) is 2. The van der Waals surface area contributed by atoms with E-state index in [2.05, 4.69) is 20.3 Å². The van der Waals surface area contributed by atoms with Crippen LogP contribution in [-0.2, 0) is 11.2 Å². The Morgan fingerprint density at radius 3 is 3.10 bits per heavy atom. The summed E-state index contributed by atoms with van der Waals surface area (Å²) in [7, 11) is 0. The quantitative estimate of drug-likeness (QED) is 0.660. The molecule has 3 aliphatic heterocycles. The van der Waals surface area contributed by atoms with Crippen LogP contribution >= 0.6 is 0 Å². The van der Waals surface area contributed by atoms with Crippen LogP contribution in [0.15, 0.2) is 36.8 Å². The Kier molecular flexibility index (Phi) is 4.00. The van der Waals surface area contributed by atoms with Gasteiger partial charge >= 0.3 is 0 Å². The molecule has 3 atom stereocenters. The van der Waals surface area contributed by atoms with Crippen molar-refractivity contribution in [1.29, 1.82) is 0 Å². The maximum Gasteiger partial charge on any atom is 0.261 e. The van der Waals surface area contributed by atoms with E-state index in [1.54, 1.807) is 23.0 Å². The number of carbonyl (C=O) groups is 1. The lowest BCUT2D eigenvalue weighted by molar-refractivity contribution is 0.0446. The zero-order valence-corrected chi connectivity index (χ0v) is 17.1. The van der Waals surface area contributed by atoms with Crippen LogP contribution in [0.25, 0.3) is 5.65 Å². The lowest BCUT2D eigenvalue weighted by atomic mass is 9.99. The van der Waals surface area contributed by atoms with E-state index in [9.17, 15) is 9.90 Å². The Morgan fingerprint density at radius 1 is 1.42 bits per heavy atom. The zero-order chi connectivity index (χ0) is 21.2. The van der Waals surface area contributed by atoms with E-state index in [4.69, 9.17) is 9.47 Å². The molecule has 1 aromatic carbocycles. The molecule has 2 saturated heterocycles. The van der Waals surface area contributed by atoms with E-state index in [-0.39, 0.29) is 24.7 Å². The molecule has 6 rings (SSSR count). The summed E-state index contributed by atoms with van der Waals surface area (Å²) in [5.74, 6) is 0.491. The summed E-state index contributed by atoms with van der Waals surface area (Å²) < 4.78 is 13.4. The van der Waals surface area contributed by atoms with Gasteiger partial charge in [-0.15, -0.1) is 0 Å².